The van der Waals surface area contributed by atoms with E-state index in [9.17, 15) is 4.79 Å². The molecule has 0 aliphatic carbocycles. The molecule has 1 amide bonds. The summed E-state index contributed by atoms with van der Waals surface area (Å²) < 4.78 is 11.3. The second kappa shape index (κ2) is 7.77. The molecule has 6 heteroatoms. The molecule has 0 radical (unpaired) electrons. The lowest BCUT2D eigenvalue weighted by atomic mass is 10.1. The SMILES string of the molecule is Cc1nccc(OC2CCCN(C(=O)OCc3ccccc3)C2)n1. The minimum atomic E-state index is -0.300. The van der Waals surface area contributed by atoms with Crippen LogP contribution in [0.15, 0.2) is 42.6 Å². The summed E-state index contributed by atoms with van der Waals surface area (Å²) in [4.78, 5) is 22.2. The number of rotatable bonds is 4. The highest BCUT2D eigenvalue weighted by molar-refractivity contribution is 5.67. The van der Waals surface area contributed by atoms with Gasteiger partial charge in [-0.2, -0.15) is 4.98 Å². The maximum Gasteiger partial charge on any atom is 0.410 e. The summed E-state index contributed by atoms with van der Waals surface area (Å²) in [6.07, 6.45) is 3.08. The summed E-state index contributed by atoms with van der Waals surface area (Å²) in [7, 11) is 0. The topological polar surface area (TPSA) is 64.5 Å². The van der Waals surface area contributed by atoms with Gasteiger partial charge in [0.2, 0.25) is 5.88 Å². The van der Waals surface area contributed by atoms with Crippen molar-refractivity contribution >= 4 is 6.09 Å². The van der Waals surface area contributed by atoms with Crippen molar-refractivity contribution in [2.45, 2.75) is 32.5 Å². The molecule has 1 aliphatic rings. The molecule has 1 aromatic carbocycles. The highest BCUT2D eigenvalue weighted by Crippen LogP contribution is 2.17. The molecular weight excluding hydrogens is 306 g/mol. The largest absolute Gasteiger partial charge is 0.472 e. The fourth-order valence-corrected chi connectivity index (χ4v) is 2.68. The van der Waals surface area contributed by atoms with Crippen LogP contribution in [-0.2, 0) is 11.3 Å². The number of ether oxygens (including phenoxy) is 2. The first-order valence-corrected chi connectivity index (χ1v) is 8.12. The molecule has 1 saturated heterocycles. The molecular formula is C18H21N3O3. The summed E-state index contributed by atoms with van der Waals surface area (Å²) in [5, 5.41) is 0. The maximum absolute atomic E-state index is 12.2. The molecule has 0 bridgehead atoms. The van der Waals surface area contributed by atoms with Crippen LogP contribution in [0.1, 0.15) is 24.2 Å². The Hall–Kier alpha value is -2.63. The van der Waals surface area contributed by atoms with Crippen LogP contribution in [-0.4, -0.2) is 40.2 Å². The minimum Gasteiger partial charge on any atom is -0.472 e. The minimum absolute atomic E-state index is 0.0719. The molecule has 0 spiro atoms. The monoisotopic (exact) mass is 327 g/mol. The Bertz CT molecular complexity index is 678. The van der Waals surface area contributed by atoms with E-state index in [-0.39, 0.29) is 18.8 Å². The van der Waals surface area contributed by atoms with Gasteiger partial charge in [0.15, 0.2) is 0 Å². The molecule has 0 N–H and O–H groups in total. The average Bonchev–Trinajstić information content (AvgIpc) is 2.61. The predicted molar refractivity (Wildman–Crippen MR) is 88.6 cm³/mol. The number of amides is 1. The quantitative estimate of drug-likeness (QED) is 0.864. The van der Waals surface area contributed by atoms with Crippen LogP contribution in [0.4, 0.5) is 4.79 Å². The smallest absolute Gasteiger partial charge is 0.410 e. The van der Waals surface area contributed by atoms with Crippen molar-refractivity contribution in [3.8, 4) is 5.88 Å². The second-order valence-corrected chi connectivity index (χ2v) is 5.81. The Morgan fingerprint density at radius 3 is 2.92 bits per heavy atom. The molecule has 1 aliphatic heterocycles. The maximum atomic E-state index is 12.2. The zero-order chi connectivity index (χ0) is 16.8. The Kier molecular flexibility index (Phi) is 5.25. The fraction of sp³-hybridized carbons (Fsp3) is 0.389. The molecule has 2 heterocycles. The van der Waals surface area contributed by atoms with E-state index in [2.05, 4.69) is 9.97 Å². The molecule has 0 saturated carbocycles. The second-order valence-electron chi connectivity index (χ2n) is 5.81. The first-order valence-electron chi connectivity index (χ1n) is 8.12. The lowest BCUT2D eigenvalue weighted by Crippen LogP contribution is -2.44. The van der Waals surface area contributed by atoms with E-state index < -0.39 is 0 Å². The summed E-state index contributed by atoms with van der Waals surface area (Å²) >= 11 is 0. The van der Waals surface area contributed by atoms with Crippen LogP contribution in [0.25, 0.3) is 0 Å². The van der Waals surface area contributed by atoms with Crippen LogP contribution < -0.4 is 4.74 Å². The van der Waals surface area contributed by atoms with Crippen LogP contribution in [0.5, 0.6) is 5.88 Å². The number of carbonyl (C=O) groups is 1. The summed E-state index contributed by atoms with van der Waals surface area (Å²) in [5.74, 6) is 1.22. The first kappa shape index (κ1) is 16.2. The van der Waals surface area contributed by atoms with Crippen molar-refractivity contribution in [3.05, 3.63) is 54.0 Å². The van der Waals surface area contributed by atoms with Crippen LogP contribution in [0.2, 0.25) is 0 Å². The summed E-state index contributed by atoms with van der Waals surface area (Å²) in [5.41, 5.74) is 0.979. The molecule has 126 valence electrons. The zero-order valence-electron chi connectivity index (χ0n) is 13.7. The Morgan fingerprint density at radius 2 is 2.12 bits per heavy atom. The standard InChI is InChI=1S/C18H21N3O3/c1-14-19-10-9-17(20-14)24-16-8-5-11-21(12-16)18(22)23-13-15-6-3-2-4-7-15/h2-4,6-7,9-10,16H,5,8,11-13H2,1H3. The van der Waals surface area contributed by atoms with Crippen molar-refractivity contribution in [2.24, 2.45) is 0 Å². The normalized spacial score (nSPS) is 17.4. The van der Waals surface area contributed by atoms with Crippen LogP contribution in [0, 0.1) is 6.92 Å². The number of hydrogen-bond donors (Lipinski definition) is 0. The zero-order valence-corrected chi connectivity index (χ0v) is 13.7. The van der Waals surface area contributed by atoms with Gasteiger partial charge in [-0.1, -0.05) is 30.3 Å². The fourth-order valence-electron chi connectivity index (χ4n) is 2.68. The molecule has 2 aromatic rings. The lowest BCUT2D eigenvalue weighted by molar-refractivity contribution is 0.0535. The third kappa shape index (κ3) is 4.44. The van der Waals surface area contributed by atoms with Gasteiger partial charge in [-0.15, -0.1) is 0 Å². The number of benzene rings is 1. The third-order valence-electron chi connectivity index (χ3n) is 3.88. The number of carbonyl (C=O) groups excluding carboxylic acids is 1. The number of piperidine rings is 1. The highest BCUT2D eigenvalue weighted by atomic mass is 16.6. The molecule has 24 heavy (non-hydrogen) atoms. The lowest BCUT2D eigenvalue weighted by Gasteiger charge is -2.31. The van der Waals surface area contributed by atoms with Crippen LogP contribution >= 0.6 is 0 Å². The predicted octanol–water partition coefficient (Wildman–Crippen LogP) is 2.97. The third-order valence-corrected chi connectivity index (χ3v) is 3.88. The Morgan fingerprint density at radius 1 is 1.29 bits per heavy atom. The number of likely N-dealkylation sites (tertiary alicyclic amines) is 1. The highest BCUT2D eigenvalue weighted by Gasteiger charge is 2.26. The van der Waals surface area contributed by atoms with Crippen LogP contribution in [0.3, 0.4) is 0 Å². The van der Waals surface area contributed by atoms with Gasteiger partial charge in [0.05, 0.1) is 6.54 Å². The van der Waals surface area contributed by atoms with E-state index in [0.29, 0.717) is 24.8 Å². The number of nitrogens with zero attached hydrogens (tertiary/aromatic N) is 3. The number of hydrogen-bond acceptors (Lipinski definition) is 5. The van der Waals surface area contributed by atoms with Gasteiger partial charge < -0.3 is 14.4 Å². The van der Waals surface area contributed by atoms with Gasteiger partial charge in [0.1, 0.15) is 18.5 Å². The summed E-state index contributed by atoms with van der Waals surface area (Å²) in [6, 6.07) is 11.4. The molecule has 1 fully saturated rings. The van der Waals surface area contributed by atoms with E-state index >= 15 is 0 Å². The Balaban J connectivity index is 1.52. The molecule has 1 atom stereocenters. The van der Waals surface area contributed by atoms with Crippen molar-refractivity contribution in [2.75, 3.05) is 13.1 Å². The van der Waals surface area contributed by atoms with Crippen molar-refractivity contribution < 1.29 is 14.3 Å². The molecule has 1 unspecified atom stereocenters. The van der Waals surface area contributed by atoms with Gasteiger partial charge >= 0.3 is 6.09 Å². The average molecular weight is 327 g/mol. The van der Waals surface area contributed by atoms with E-state index in [1.54, 1.807) is 17.2 Å². The van der Waals surface area contributed by atoms with Gasteiger partial charge in [-0.05, 0) is 25.3 Å². The van der Waals surface area contributed by atoms with Crippen molar-refractivity contribution in [1.82, 2.24) is 14.9 Å². The van der Waals surface area contributed by atoms with E-state index in [1.807, 2.05) is 37.3 Å². The van der Waals surface area contributed by atoms with Crippen molar-refractivity contribution in [1.29, 1.82) is 0 Å². The Labute approximate surface area is 141 Å². The first-order chi connectivity index (χ1) is 11.7. The van der Waals surface area contributed by atoms with Gasteiger partial charge in [0.25, 0.3) is 0 Å². The molecule has 6 nitrogen and oxygen atoms in total. The number of aromatic nitrogens is 2. The van der Waals surface area contributed by atoms with E-state index in [0.717, 1.165) is 18.4 Å². The van der Waals surface area contributed by atoms with Gasteiger partial charge in [-0.3, -0.25) is 0 Å². The van der Waals surface area contributed by atoms with E-state index in [1.165, 1.54) is 0 Å². The van der Waals surface area contributed by atoms with E-state index in [4.69, 9.17) is 9.47 Å². The molecule has 3 rings (SSSR count). The van der Waals surface area contributed by atoms with Gasteiger partial charge in [0, 0.05) is 18.8 Å². The molecule has 1 aromatic heterocycles. The van der Waals surface area contributed by atoms with Gasteiger partial charge in [-0.25, -0.2) is 9.78 Å². The summed E-state index contributed by atoms with van der Waals surface area (Å²) in [6.45, 7) is 3.31. The van der Waals surface area contributed by atoms with Crippen molar-refractivity contribution in [3.63, 3.8) is 0 Å². The number of aryl methyl sites for hydroxylation is 1.